The topological polar surface area (TPSA) is 50.7 Å². The number of methoxy groups -OCH3 is 1. The number of hydrogen-bond acceptors (Lipinski definition) is 6. The molecule has 0 radical (unpaired) electrons. The van der Waals surface area contributed by atoms with Gasteiger partial charge in [0.2, 0.25) is 0 Å². The number of hydrogen-bond donors (Lipinski definition) is 0. The Balaban J connectivity index is 1.65. The quantitative estimate of drug-likeness (QED) is 0.348. The standard InChI is InChI=1S/C29H28N4O2/c1-4-21-9-8-12-23(17-21)33(22-10-6-5-7-11-22)29-25-18-28(35-24-13-15-32(2)16-14-24)27(34-3)19-26(25)30-20-31-29/h1,5-12,17-20,24H,13-16H2,2-3H3. The Morgan fingerprint density at radius 2 is 1.71 bits per heavy atom. The largest absolute Gasteiger partial charge is 0.493 e. The van der Waals surface area contributed by atoms with E-state index in [4.69, 9.17) is 20.9 Å². The first-order chi connectivity index (χ1) is 17.2. The van der Waals surface area contributed by atoms with Gasteiger partial charge in [-0.1, -0.05) is 30.2 Å². The molecule has 5 rings (SSSR count). The van der Waals surface area contributed by atoms with Gasteiger partial charge in [-0.2, -0.15) is 0 Å². The lowest BCUT2D eigenvalue weighted by molar-refractivity contribution is 0.111. The van der Waals surface area contributed by atoms with Gasteiger partial charge in [-0.15, -0.1) is 6.42 Å². The smallest absolute Gasteiger partial charge is 0.162 e. The molecule has 1 aliphatic rings. The molecule has 0 amide bonds. The molecule has 2 heterocycles. The summed E-state index contributed by atoms with van der Waals surface area (Å²) in [6.07, 6.45) is 9.38. The summed E-state index contributed by atoms with van der Waals surface area (Å²) < 4.78 is 12.1. The van der Waals surface area contributed by atoms with Crippen LogP contribution in [0.5, 0.6) is 11.5 Å². The summed E-state index contributed by atoms with van der Waals surface area (Å²) in [5, 5.41) is 0.867. The SMILES string of the molecule is C#Cc1cccc(N(c2ccccc2)c2ncnc3cc(OC)c(OC4CCN(C)CC4)cc23)c1. The van der Waals surface area contributed by atoms with Crippen LogP contribution in [0.25, 0.3) is 10.9 Å². The zero-order valence-corrected chi connectivity index (χ0v) is 20.0. The van der Waals surface area contributed by atoms with Crippen molar-refractivity contribution in [1.82, 2.24) is 14.9 Å². The molecule has 35 heavy (non-hydrogen) atoms. The first kappa shape index (κ1) is 22.7. The first-order valence-corrected chi connectivity index (χ1v) is 11.8. The fraction of sp³-hybridized carbons (Fsp3) is 0.241. The van der Waals surface area contributed by atoms with Crippen LogP contribution in [0.1, 0.15) is 18.4 Å². The molecular formula is C29H28N4O2. The molecule has 1 aromatic heterocycles. The first-order valence-electron chi connectivity index (χ1n) is 11.8. The van der Waals surface area contributed by atoms with E-state index >= 15 is 0 Å². The maximum Gasteiger partial charge on any atom is 0.162 e. The molecule has 0 unspecified atom stereocenters. The van der Waals surface area contributed by atoms with Gasteiger partial charge in [0.25, 0.3) is 0 Å². The number of aromatic nitrogens is 2. The Hall–Kier alpha value is -4.08. The van der Waals surface area contributed by atoms with Crippen molar-refractivity contribution in [2.45, 2.75) is 18.9 Å². The highest BCUT2D eigenvalue weighted by atomic mass is 16.5. The zero-order valence-electron chi connectivity index (χ0n) is 20.0. The molecule has 1 aliphatic heterocycles. The van der Waals surface area contributed by atoms with Crippen molar-refractivity contribution < 1.29 is 9.47 Å². The lowest BCUT2D eigenvalue weighted by atomic mass is 10.1. The van der Waals surface area contributed by atoms with Crippen LogP contribution in [-0.2, 0) is 0 Å². The molecule has 4 aromatic rings. The molecule has 1 fully saturated rings. The number of ether oxygens (including phenoxy) is 2. The van der Waals surface area contributed by atoms with E-state index < -0.39 is 0 Å². The number of likely N-dealkylation sites (tertiary alicyclic amines) is 1. The molecule has 0 N–H and O–H groups in total. The average Bonchev–Trinajstić information content (AvgIpc) is 2.91. The lowest BCUT2D eigenvalue weighted by Gasteiger charge is -2.30. The van der Waals surface area contributed by atoms with Crippen LogP contribution in [-0.4, -0.2) is 48.2 Å². The molecule has 176 valence electrons. The summed E-state index contributed by atoms with van der Waals surface area (Å²) in [4.78, 5) is 13.7. The van der Waals surface area contributed by atoms with E-state index in [9.17, 15) is 0 Å². The minimum Gasteiger partial charge on any atom is -0.493 e. The second-order valence-electron chi connectivity index (χ2n) is 8.70. The van der Waals surface area contributed by atoms with Crippen molar-refractivity contribution in [1.29, 1.82) is 0 Å². The zero-order chi connectivity index (χ0) is 24.2. The van der Waals surface area contributed by atoms with Crippen molar-refractivity contribution in [3.05, 3.63) is 78.6 Å². The van der Waals surface area contributed by atoms with Crippen LogP contribution >= 0.6 is 0 Å². The Labute approximate surface area is 206 Å². The van der Waals surface area contributed by atoms with Gasteiger partial charge in [-0.05, 0) is 56.3 Å². The van der Waals surface area contributed by atoms with E-state index in [-0.39, 0.29) is 6.10 Å². The normalized spacial score (nSPS) is 14.4. The fourth-order valence-corrected chi connectivity index (χ4v) is 4.47. The number of rotatable bonds is 6. The molecule has 6 nitrogen and oxygen atoms in total. The van der Waals surface area contributed by atoms with Crippen LogP contribution in [0.2, 0.25) is 0 Å². The van der Waals surface area contributed by atoms with Crippen LogP contribution in [0, 0.1) is 12.3 Å². The second-order valence-corrected chi connectivity index (χ2v) is 8.70. The van der Waals surface area contributed by atoms with Gasteiger partial charge in [0.15, 0.2) is 11.5 Å². The minimum atomic E-state index is 0.142. The maximum atomic E-state index is 6.46. The molecule has 3 aromatic carbocycles. The molecule has 0 aliphatic carbocycles. The highest BCUT2D eigenvalue weighted by Gasteiger charge is 2.23. The van der Waals surface area contributed by atoms with Crippen molar-refractivity contribution in [3.63, 3.8) is 0 Å². The van der Waals surface area contributed by atoms with Gasteiger partial charge >= 0.3 is 0 Å². The highest BCUT2D eigenvalue weighted by molar-refractivity contribution is 5.96. The monoisotopic (exact) mass is 464 g/mol. The van der Waals surface area contributed by atoms with Gasteiger partial charge in [-0.25, -0.2) is 9.97 Å². The third kappa shape index (κ3) is 4.77. The molecule has 0 saturated carbocycles. The van der Waals surface area contributed by atoms with Gasteiger partial charge in [0.05, 0.1) is 12.6 Å². The predicted molar refractivity (Wildman–Crippen MR) is 140 cm³/mol. The number of anilines is 3. The van der Waals surface area contributed by atoms with Crippen molar-refractivity contribution in [2.75, 3.05) is 32.1 Å². The molecule has 0 atom stereocenters. The fourth-order valence-electron chi connectivity index (χ4n) is 4.47. The summed E-state index contributed by atoms with van der Waals surface area (Å²) in [5.41, 5.74) is 3.46. The Morgan fingerprint density at radius 1 is 0.943 bits per heavy atom. The van der Waals surface area contributed by atoms with Crippen molar-refractivity contribution in [3.8, 4) is 23.8 Å². The highest BCUT2D eigenvalue weighted by Crippen LogP contribution is 2.41. The van der Waals surface area contributed by atoms with E-state index in [2.05, 4.69) is 39.9 Å². The summed E-state index contributed by atoms with van der Waals surface area (Å²) >= 11 is 0. The van der Waals surface area contributed by atoms with Gasteiger partial charge in [0.1, 0.15) is 18.2 Å². The van der Waals surface area contributed by atoms with Gasteiger partial charge < -0.3 is 14.4 Å². The number of para-hydroxylation sites is 1. The van der Waals surface area contributed by atoms with Crippen molar-refractivity contribution in [2.24, 2.45) is 0 Å². The predicted octanol–water partition coefficient (Wildman–Crippen LogP) is 5.56. The molecule has 1 saturated heterocycles. The maximum absolute atomic E-state index is 6.46. The van der Waals surface area contributed by atoms with E-state index in [1.807, 2.05) is 54.6 Å². The molecule has 0 spiro atoms. The summed E-state index contributed by atoms with van der Waals surface area (Å²) in [6.45, 7) is 2.03. The molecular weight excluding hydrogens is 436 g/mol. The number of terminal acetylenes is 1. The molecule has 0 bridgehead atoms. The van der Waals surface area contributed by atoms with Crippen molar-refractivity contribution >= 4 is 28.1 Å². The second kappa shape index (κ2) is 10.0. The minimum absolute atomic E-state index is 0.142. The van der Waals surface area contributed by atoms with E-state index in [0.717, 1.165) is 59.6 Å². The Kier molecular flexibility index (Phi) is 6.51. The molecule has 6 heteroatoms. The summed E-state index contributed by atoms with van der Waals surface area (Å²) in [6, 6.07) is 21.9. The van der Waals surface area contributed by atoms with E-state index in [1.165, 1.54) is 0 Å². The van der Waals surface area contributed by atoms with Gasteiger partial charge in [0, 0.05) is 41.5 Å². The Bertz CT molecular complexity index is 1360. The number of nitrogens with zero attached hydrogens (tertiary/aromatic N) is 4. The third-order valence-electron chi connectivity index (χ3n) is 6.36. The lowest BCUT2D eigenvalue weighted by Crippen LogP contribution is -2.35. The van der Waals surface area contributed by atoms with E-state index in [0.29, 0.717) is 11.5 Å². The number of benzene rings is 3. The van der Waals surface area contributed by atoms with Gasteiger partial charge in [-0.3, -0.25) is 4.90 Å². The van der Waals surface area contributed by atoms with E-state index in [1.54, 1.807) is 13.4 Å². The Morgan fingerprint density at radius 3 is 2.46 bits per heavy atom. The third-order valence-corrected chi connectivity index (χ3v) is 6.36. The number of fused-ring (bicyclic) bond motifs is 1. The summed E-state index contributed by atoms with van der Waals surface area (Å²) in [7, 11) is 3.80. The summed E-state index contributed by atoms with van der Waals surface area (Å²) in [5.74, 6) is 4.85. The van der Waals surface area contributed by atoms with Crippen LogP contribution in [0.15, 0.2) is 73.1 Å². The van der Waals surface area contributed by atoms with Crippen LogP contribution in [0.4, 0.5) is 17.2 Å². The van der Waals surface area contributed by atoms with Crippen LogP contribution < -0.4 is 14.4 Å². The number of piperidine rings is 1. The van der Waals surface area contributed by atoms with Crippen LogP contribution in [0.3, 0.4) is 0 Å². The average molecular weight is 465 g/mol.